The Balaban J connectivity index is 1.73. The Bertz CT molecular complexity index is 1340. The average Bonchev–Trinajstić information content (AvgIpc) is 3.11. The Hall–Kier alpha value is -3.51. The first-order valence-electron chi connectivity index (χ1n) is 9.99. The van der Waals surface area contributed by atoms with Crippen molar-refractivity contribution in [3.05, 3.63) is 95.0 Å². The molecule has 1 fully saturated rings. The number of nitrogens with zero attached hydrogens (tertiary/aromatic N) is 3. The van der Waals surface area contributed by atoms with Gasteiger partial charge >= 0.3 is 0 Å². The molecule has 166 valence electrons. The summed E-state index contributed by atoms with van der Waals surface area (Å²) in [7, 11) is -4.14. The topological polar surface area (TPSA) is 98.5 Å². The second kappa shape index (κ2) is 9.16. The van der Waals surface area contributed by atoms with Crippen LogP contribution in [0.3, 0.4) is 0 Å². The summed E-state index contributed by atoms with van der Waals surface area (Å²) in [6.45, 7) is -0.0866. The Morgan fingerprint density at radius 1 is 0.970 bits per heavy atom. The van der Waals surface area contributed by atoms with Crippen molar-refractivity contribution in [3.8, 4) is 6.07 Å². The second-order valence-electron chi connectivity index (χ2n) is 7.44. The fraction of sp³-hybridized carbons (Fsp3) is 0.125. The van der Waals surface area contributed by atoms with Crippen LogP contribution in [-0.2, 0) is 26.2 Å². The van der Waals surface area contributed by atoms with Crippen LogP contribution in [0.4, 0.5) is 5.69 Å². The summed E-state index contributed by atoms with van der Waals surface area (Å²) >= 11 is 5.92. The Kier molecular flexibility index (Phi) is 6.29. The van der Waals surface area contributed by atoms with Crippen LogP contribution in [-0.4, -0.2) is 30.6 Å². The third-order valence-electron chi connectivity index (χ3n) is 5.33. The smallest absolute Gasteiger partial charge is 0.252 e. The van der Waals surface area contributed by atoms with Gasteiger partial charge in [0.05, 0.1) is 28.6 Å². The van der Waals surface area contributed by atoms with Crippen LogP contribution in [0.5, 0.6) is 0 Å². The minimum Gasteiger partial charge on any atom is -0.274 e. The van der Waals surface area contributed by atoms with Crippen LogP contribution in [0.2, 0.25) is 5.02 Å². The molecule has 9 heteroatoms. The number of carbonyl (C=O) groups excluding carboxylic acids is 2. The molecule has 1 aliphatic heterocycles. The highest BCUT2D eigenvalue weighted by Crippen LogP contribution is 2.31. The van der Waals surface area contributed by atoms with Gasteiger partial charge in [-0.25, -0.2) is 13.3 Å². The largest absolute Gasteiger partial charge is 0.274 e. The molecule has 0 radical (unpaired) electrons. The van der Waals surface area contributed by atoms with Gasteiger partial charge in [0, 0.05) is 11.6 Å². The fourth-order valence-corrected chi connectivity index (χ4v) is 5.36. The highest BCUT2D eigenvalue weighted by atomic mass is 35.5. The maximum absolute atomic E-state index is 13.6. The molecule has 0 spiro atoms. The molecule has 0 N–H and O–H groups in total. The molecule has 1 aliphatic rings. The molecule has 1 atom stereocenters. The Labute approximate surface area is 196 Å². The first-order chi connectivity index (χ1) is 15.8. The molecular weight excluding hydrogens is 462 g/mol. The van der Waals surface area contributed by atoms with Gasteiger partial charge in [0.15, 0.2) is 0 Å². The Morgan fingerprint density at radius 2 is 1.61 bits per heavy atom. The van der Waals surface area contributed by atoms with Crippen molar-refractivity contribution in [1.29, 1.82) is 5.26 Å². The molecule has 0 saturated carbocycles. The van der Waals surface area contributed by atoms with Gasteiger partial charge in [-0.15, -0.1) is 0 Å². The van der Waals surface area contributed by atoms with E-state index < -0.39 is 27.9 Å². The van der Waals surface area contributed by atoms with E-state index in [-0.39, 0.29) is 23.5 Å². The van der Waals surface area contributed by atoms with Gasteiger partial charge in [0.2, 0.25) is 15.9 Å². The molecule has 0 bridgehead atoms. The van der Waals surface area contributed by atoms with E-state index >= 15 is 0 Å². The molecule has 1 unspecified atom stereocenters. The summed E-state index contributed by atoms with van der Waals surface area (Å²) in [5.74, 6) is -1.16. The third kappa shape index (κ3) is 4.52. The molecule has 3 aromatic carbocycles. The molecule has 7 nitrogen and oxygen atoms in total. The summed E-state index contributed by atoms with van der Waals surface area (Å²) in [6.07, 6.45) is -0.293. The maximum Gasteiger partial charge on any atom is 0.252 e. The standard InChI is InChI=1S/C24H18ClN3O4S/c25-19-8-12-21(13-9-19)33(31,32)27(16-18-4-2-1-3-5-18)22-14-23(29)28(24(22)30)20-10-6-17(15-26)7-11-20/h1-13,22H,14,16H2. The van der Waals surface area contributed by atoms with Crippen molar-refractivity contribution >= 4 is 39.1 Å². The summed E-state index contributed by atoms with van der Waals surface area (Å²) in [5, 5.41) is 9.37. The predicted octanol–water partition coefficient (Wildman–Crippen LogP) is 3.73. The SMILES string of the molecule is N#Cc1ccc(N2C(=O)CC(N(Cc3ccccc3)S(=O)(=O)c3ccc(Cl)cc3)C2=O)cc1. The molecule has 33 heavy (non-hydrogen) atoms. The number of halogens is 1. The van der Waals surface area contributed by atoms with Crippen molar-refractivity contribution in [1.82, 2.24) is 4.31 Å². The normalized spacial score (nSPS) is 16.3. The predicted molar refractivity (Wildman–Crippen MR) is 123 cm³/mol. The summed E-state index contributed by atoms with van der Waals surface area (Å²) in [5.41, 5.74) is 1.34. The van der Waals surface area contributed by atoms with Crippen LogP contribution in [0.25, 0.3) is 0 Å². The van der Waals surface area contributed by atoms with Crippen LogP contribution >= 0.6 is 11.6 Å². The van der Waals surface area contributed by atoms with E-state index in [4.69, 9.17) is 16.9 Å². The van der Waals surface area contributed by atoms with Gasteiger partial charge < -0.3 is 0 Å². The Morgan fingerprint density at radius 3 is 2.21 bits per heavy atom. The number of nitriles is 1. The number of amides is 2. The zero-order chi connectivity index (χ0) is 23.6. The highest BCUT2D eigenvalue weighted by molar-refractivity contribution is 7.89. The lowest BCUT2D eigenvalue weighted by Gasteiger charge is -2.27. The number of imide groups is 1. The number of hydrogen-bond donors (Lipinski definition) is 0. The molecule has 4 rings (SSSR count). The highest BCUT2D eigenvalue weighted by Gasteiger charge is 2.47. The number of sulfonamides is 1. The molecule has 0 aliphatic carbocycles. The summed E-state index contributed by atoms with van der Waals surface area (Å²) < 4.78 is 28.2. The van der Waals surface area contributed by atoms with E-state index in [1.165, 1.54) is 48.5 Å². The lowest BCUT2D eigenvalue weighted by atomic mass is 10.2. The minimum atomic E-state index is -4.14. The monoisotopic (exact) mass is 479 g/mol. The van der Waals surface area contributed by atoms with Crippen LogP contribution < -0.4 is 4.90 Å². The summed E-state index contributed by atoms with van der Waals surface area (Å²) in [4.78, 5) is 27.1. The zero-order valence-electron chi connectivity index (χ0n) is 17.3. The number of benzene rings is 3. The van der Waals surface area contributed by atoms with Crippen LogP contribution in [0.1, 0.15) is 17.5 Å². The zero-order valence-corrected chi connectivity index (χ0v) is 18.8. The number of hydrogen-bond acceptors (Lipinski definition) is 5. The number of carbonyl (C=O) groups is 2. The molecule has 3 aromatic rings. The van der Waals surface area contributed by atoms with E-state index in [1.54, 1.807) is 30.3 Å². The van der Waals surface area contributed by atoms with Crippen molar-refractivity contribution in [2.45, 2.75) is 23.9 Å². The van der Waals surface area contributed by atoms with Crippen molar-refractivity contribution in [3.63, 3.8) is 0 Å². The molecule has 0 aromatic heterocycles. The van der Waals surface area contributed by atoms with Gasteiger partial charge in [-0.3, -0.25) is 9.59 Å². The summed E-state index contributed by atoms with van der Waals surface area (Å²) in [6, 6.07) is 21.3. The van der Waals surface area contributed by atoms with E-state index in [0.717, 1.165) is 9.21 Å². The molecule has 2 amide bonds. The van der Waals surface area contributed by atoms with Gasteiger partial charge in [-0.05, 0) is 54.1 Å². The molecule has 1 heterocycles. The van der Waals surface area contributed by atoms with E-state index in [1.807, 2.05) is 6.07 Å². The van der Waals surface area contributed by atoms with Crippen molar-refractivity contribution in [2.75, 3.05) is 4.90 Å². The maximum atomic E-state index is 13.6. The quantitative estimate of drug-likeness (QED) is 0.501. The second-order valence-corrected chi connectivity index (χ2v) is 9.76. The molecular formula is C24H18ClN3O4S. The fourth-order valence-electron chi connectivity index (χ4n) is 3.67. The van der Waals surface area contributed by atoms with E-state index in [2.05, 4.69) is 0 Å². The van der Waals surface area contributed by atoms with Crippen molar-refractivity contribution < 1.29 is 18.0 Å². The lowest BCUT2D eigenvalue weighted by Crippen LogP contribution is -2.45. The van der Waals surface area contributed by atoms with Crippen molar-refractivity contribution in [2.24, 2.45) is 0 Å². The average molecular weight is 480 g/mol. The van der Waals surface area contributed by atoms with Gasteiger partial charge in [0.25, 0.3) is 5.91 Å². The minimum absolute atomic E-state index is 0.0279. The first-order valence-corrected chi connectivity index (χ1v) is 11.8. The van der Waals surface area contributed by atoms with E-state index in [9.17, 15) is 18.0 Å². The lowest BCUT2D eigenvalue weighted by molar-refractivity contribution is -0.122. The van der Waals surface area contributed by atoms with Gasteiger partial charge in [-0.2, -0.15) is 9.57 Å². The van der Waals surface area contributed by atoms with Crippen LogP contribution in [0.15, 0.2) is 83.8 Å². The van der Waals surface area contributed by atoms with E-state index in [0.29, 0.717) is 16.1 Å². The van der Waals surface area contributed by atoms with Crippen LogP contribution in [0, 0.1) is 11.3 Å². The number of rotatable bonds is 6. The third-order valence-corrected chi connectivity index (χ3v) is 7.45. The number of anilines is 1. The van der Waals surface area contributed by atoms with Gasteiger partial charge in [-0.1, -0.05) is 41.9 Å². The molecule has 1 saturated heterocycles. The van der Waals surface area contributed by atoms with Gasteiger partial charge in [0.1, 0.15) is 6.04 Å². The first kappa shape index (κ1) is 22.7.